The lowest BCUT2D eigenvalue weighted by Crippen LogP contribution is -2.79. The maximum atomic E-state index is 13.3. The maximum Gasteiger partial charge on any atom is 0.366 e. The van der Waals surface area contributed by atoms with Crippen molar-refractivity contribution in [3.05, 3.63) is 58.6 Å². The molecule has 0 aliphatic carbocycles. The number of Topliss-reactive ketones (excluding diaryl/α,β-unsaturated/α-hetero) is 1. The lowest BCUT2D eigenvalue weighted by atomic mass is 9.82. The van der Waals surface area contributed by atoms with E-state index in [4.69, 9.17) is 0 Å². The Morgan fingerprint density at radius 1 is 1.06 bits per heavy atom. The fourth-order valence-electron chi connectivity index (χ4n) is 5.58. The number of hydrogen-bond donors (Lipinski definition) is 1. The molecule has 7 heteroatoms. The Morgan fingerprint density at radius 2 is 1.56 bits per heavy atom. The minimum atomic E-state index is -1.79. The van der Waals surface area contributed by atoms with Gasteiger partial charge in [0.2, 0.25) is 5.54 Å². The lowest BCUT2D eigenvalue weighted by Gasteiger charge is -2.56. The monoisotopic (exact) mass is 501 g/mol. The second-order valence-electron chi connectivity index (χ2n) is 9.57. The molecular weight excluding hydrogens is 474 g/mol. The Morgan fingerprint density at radius 3 is 2.00 bits per heavy atom. The second kappa shape index (κ2) is 8.45. The summed E-state index contributed by atoms with van der Waals surface area (Å²) in [6.07, 6.45) is -1.39. The van der Waals surface area contributed by atoms with Gasteiger partial charge in [-0.2, -0.15) is 0 Å². The summed E-state index contributed by atoms with van der Waals surface area (Å²) < 4.78 is 0.184. The molecule has 1 aliphatic rings. The highest BCUT2D eigenvalue weighted by Gasteiger charge is 2.70. The van der Waals surface area contributed by atoms with Crippen LogP contribution in [0.4, 0.5) is 4.79 Å². The molecule has 3 rings (SSSR count). The van der Waals surface area contributed by atoms with Gasteiger partial charge in [0, 0.05) is 22.9 Å². The Kier molecular flexibility index (Phi) is 6.37. The zero-order valence-electron chi connectivity index (χ0n) is 18.7. The molecule has 32 heavy (non-hydrogen) atoms. The molecule has 1 amide bonds. The molecule has 6 nitrogen and oxygen atoms in total. The van der Waals surface area contributed by atoms with Gasteiger partial charge in [-0.05, 0) is 51.0 Å². The van der Waals surface area contributed by atoms with Gasteiger partial charge in [-0.3, -0.25) is 9.28 Å². The van der Waals surface area contributed by atoms with Gasteiger partial charge in [0.25, 0.3) is 6.09 Å². The van der Waals surface area contributed by atoms with E-state index < -0.39 is 45.9 Å². The van der Waals surface area contributed by atoms with Gasteiger partial charge in [0.1, 0.15) is 0 Å². The van der Waals surface area contributed by atoms with Crippen molar-refractivity contribution in [1.29, 1.82) is 0 Å². The third-order valence-corrected chi connectivity index (χ3v) is 7.42. The Labute approximate surface area is 196 Å². The van der Waals surface area contributed by atoms with E-state index in [1.54, 1.807) is 39.8 Å². The summed E-state index contributed by atoms with van der Waals surface area (Å²) in [5, 5.41) is 22.8. The summed E-state index contributed by atoms with van der Waals surface area (Å²) >= 11 is 3.40. The molecule has 2 aromatic rings. The predicted octanol–water partition coefficient (Wildman–Crippen LogP) is 4.65. The molecule has 0 aromatic heterocycles. The van der Waals surface area contributed by atoms with E-state index in [-0.39, 0.29) is 6.42 Å². The number of hydrogen-bond acceptors (Lipinski definition) is 4. The minimum absolute atomic E-state index is 0.0947. The van der Waals surface area contributed by atoms with E-state index >= 15 is 0 Å². The molecule has 1 fully saturated rings. The molecule has 0 saturated carbocycles. The van der Waals surface area contributed by atoms with Crippen molar-refractivity contribution < 1.29 is 29.1 Å². The van der Waals surface area contributed by atoms with Crippen LogP contribution < -0.4 is 5.11 Å². The Hall–Kier alpha value is -2.51. The van der Waals surface area contributed by atoms with E-state index in [1.807, 2.05) is 36.4 Å². The van der Waals surface area contributed by atoms with Crippen LogP contribution in [0.25, 0.3) is 11.1 Å². The highest BCUT2D eigenvalue weighted by Crippen LogP contribution is 2.50. The van der Waals surface area contributed by atoms with Crippen LogP contribution in [0.2, 0.25) is 0 Å². The largest absolute Gasteiger partial charge is 0.498 e. The number of carbonyl (C=O) groups is 3. The van der Waals surface area contributed by atoms with Crippen molar-refractivity contribution in [3.63, 3.8) is 0 Å². The molecule has 0 radical (unpaired) electrons. The normalized spacial score (nSPS) is 25.5. The Balaban J connectivity index is 1.99. The predicted molar refractivity (Wildman–Crippen MR) is 123 cm³/mol. The summed E-state index contributed by atoms with van der Waals surface area (Å²) in [6.45, 7) is 6.81. The van der Waals surface area contributed by atoms with Crippen LogP contribution in [0.3, 0.4) is 0 Å². The van der Waals surface area contributed by atoms with E-state index in [2.05, 4.69) is 15.9 Å². The van der Waals surface area contributed by atoms with Crippen molar-refractivity contribution >= 4 is 33.8 Å². The summed E-state index contributed by atoms with van der Waals surface area (Å²) in [6, 6.07) is 14.2. The van der Waals surface area contributed by atoms with Crippen LogP contribution in [-0.4, -0.2) is 44.6 Å². The average molecular weight is 502 g/mol. The van der Waals surface area contributed by atoms with Gasteiger partial charge in [-0.15, -0.1) is 0 Å². The first-order valence-corrected chi connectivity index (χ1v) is 11.4. The van der Waals surface area contributed by atoms with Crippen LogP contribution in [0.1, 0.15) is 57.3 Å². The van der Waals surface area contributed by atoms with Gasteiger partial charge in [-0.25, -0.2) is 4.79 Å². The van der Waals surface area contributed by atoms with E-state index in [0.717, 1.165) is 15.6 Å². The first kappa shape index (κ1) is 24.1. The first-order chi connectivity index (χ1) is 14.9. The van der Waals surface area contributed by atoms with Crippen LogP contribution >= 0.6 is 15.9 Å². The number of rotatable bonds is 5. The second-order valence-corrected chi connectivity index (χ2v) is 10.5. The standard InChI is InChI=1S/C25H28BrNO5/c1-16-13-14-25(22(29)30,27(16,23(31)32)24(2,3)4)15-21(28)19-7-5-17(6-8-19)18-9-11-20(26)12-10-18/h5-12,16H,13-15H2,1-4H3,(H-,29,30,31,32)/t16-,25-,27?/m0/s1. The number of carboxylic acids is 1. The summed E-state index contributed by atoms with van der Waals surface area (Å²) in [7, 11) is 0. The van der Waals surface area contributed by atoms with Crippen molar-refractivity contribution in [2.24, 2.45) is 0 Å². The zero-order valence-corrected chi connectivity index (χ0v) is 20.3. The number of likely N-dealkylation sites (tertiary alicyclic amines) is 1. The zero-order chi connectivity index (χ0) is 23.9. The number of quaternary nitrogens is 1. The van der Waals surface area contributed by atoms with Crippen LogP contribution in [0.5, 0.6) is 0 Å². The minimum Gasteiger partial charge on any atom is -0.498 e. The molecule has 0 bridgehead atoms. The van der Waals surface area contributed by atoms with E-state index in [1.165, 1.54) is 0 Å². The van der Waals surface area contributed by atoms with Crippen molar-refractivity contribution in [2.75, 3.05) is 0 Å². The smallest absolute Gasteiger partial charge is 0.366 e. The summed E-state index contributed by atoms with van der Waals surface area (Å²) in [5.41, 5.74) is -0.502. The van der Waals surface area contributed by atoms with Crippen molar-refractivity contribution in [3.8, 4) is 11.1 Å². The van der Waals surface area contributed by atoms with E-state index in [0.29, 0.717) is 12.0 Å². The molecule has 1 saturated heterocycles. The molecule has 0 spiro atoms. The van der Waals surface area contributed by atoms with Gasteiger partial charge < -0.3 is 15.0 Å². The number of aliphatic carboxylic acids is 1. The molecule has 1 aliphatic heterocycles. The molecular formula is C25H28BrNO5. The molecule has 170 valence electrons. The average Bonchev–Trinajstić information content (AvgIpc) is 3.02. The molecule has 1 unspecified atom stereocenters. The summed E-state index contributed by atoms with van der Waals surface area (Å²) in [4.78, 5) is 38.4. The van der Waals surface area contributed by atoms with Gasteiger partial charge in [0.15, 0.2) is 5.78 Å². The van der Waals surface area contributed by atoms with Gasteiger partial charge >= 0.3 is 5.97 Å². The fourth-order valence-corrected chi connectivity index (χ4v) is 5.84. The third kappa shape index (κ3) is 3.67. The first-order valence-electron chi connectivity index (χ1n) is 10.6. The van der Waals surface area contributed by atoms with Crippen molar-refractivity contribution in [1.82, 2.24) is 0 Å². The molecule has 3 atom stereocenters. The number of halogens is 1. The SMILES string of the molecule is C[C@H]1CC[C@](CC(=O)c2ccc(-c3ccc(Br)cc3)cc2)(C(=O)O)[N+]1(C(=O)[O-])C(C)(C)C. The van der Waals surface area contributed by atoms with Crippen molar-refractivity contribution in [2.45, 2.75) is 64.1 Å². The number of amides is 1. The number of benzene rings is 2. The van der Waals surface area contributed by atoms with Crippen LogP contribution in [-0.2, 0) is 4.79 Å². The topological polar surface area (TPSA) is 94.5 Å². The molecule has 1 N–H and O–H groups in total. The fraction of sp³-hybridized carbons (Fsp3) is 0.400. The summed E-state index contributed by atoms with van der Waals surface area (Å²) in [5.74, 6) is -1.67. The molecule has 2 aromatic carbocycles. The highest BCUT2D eigenvalue weighted by atomic mass is 79.9. The van der Waals surface area contributed by atoms with Gasteiger partial charge in [-0.1, -0.05) is 52.3 Å². The van der Waals surface area contributed by atoms with Crippen LogP contribution in [0.15, 0.2) is 53.0 Å². The van der Waals surface area contributed by atoms with E-state index in [9.17, 15) is 24.6 Å². The third-order valence-electron chi connectivity index (χ3n) is 6.89. The highest BCUT2D eigenvalue weighted by molar-refractivity contribution is 9.10. The number of carboxylic acid groups (broad SMARTS) is 2. The number of carbonyl (C=O) groups excluding carboxylic acids is 2. The van der Waals surface area contributed by atoms with Gasteiger partial charge in [0.05, 0.1) is 18.0 Å². The number of ketones is 1. The quantitative estimate of drug-likeness (QED) is 0.475. The molecule has 1 heterocycles. The van der Waals surface area contributed by atoms with Crippen LogP contribution in [0, 0.1) is 0 Å². The number of nitrogens with zero attached hydrogens (tertiary/aromatic N) is 1. The Bertz CT molecular complexity index is 1040. The lowest BCUT2D eigenvalue weighted by molar-refractivity contribution is -0.963. The maximum absolute atomic E-state index is 13.3.